The molecule has 0 radical (unpaired) electrons. The summed E-state index contributed by atoms with van der Waals surface area (Å²) in [6.45, 7) is 13.3. The Labute approximate surface area is 207 Å². The van der Waals surface area contributed by atoms with Crippen LogP contribution in [0.3, 0.4) is 0 Å². The number of hydrogen-bond donors (Lipinski definition) is 1. The maximum Gasteiger partial charge on any atom is 0.270 e. The summed E-state index contributed by atoms with van der Waals surface area (Å²) < 4.78 is 0. The molecule has 2 aromatic rings. The highest BCUT2D eigenvalue weighted by Gasteiger charge is 2.38. The van der Waals surface area contributed by atoms with Crippen molar-refractivity contribution in [2.24, 2.45) is 0 Å². The molecule has 0 spiro atoms. The van der Waals surface area contributed by atoms with Crippen LogP contribution in [0.2, 0.25) is 0 Å². The zero-order valence-corrected chi connectivity index (χ0v) is 21.6. The van der Waals surface area contributed by atoms with Gasteiger partial charge in [0.25, 0.3) is 11.8 Å². The lowest BCUT2D eigenvalue weighted by molar-refractivity contribution is -0.122. The largest absolute Gasteiger partial charge is 0.364 e. The Morgan fingerprint density at radius 2 is 1.82 bits per heavy atom. The number of nitrogens with one attached hydrogen (secondary N) is 1. The van der Waals surface area contributed by atoms with Gasteiger partial charge in [-0.15, -0.1) is 0 Å². The number of aryl methyl sites for hydroxylation is 1. The van der Waals surface area contributed by atoms with Gasteiger partial charge in [-0.1, -0.05) is 32.0 Å². The minimum absolute atomic E-state index is 0.0588. The van der Waals surface area contributed by atoms with Crippen molar-refractivity contribution in [2.45, 2.75) is 71.9 Å². The minimum Gasteiger partial charge on any atom is -0.364 e. The van der Waals surface area contributed by atoms with Crippen LogP contribution in [-0.4, -0.2) is 28.5 Å². The molecule has 178 valence electrons. The molecule has 2 aliphatic heterocycles. The number of thiocarbonyl (C=S) groups is 1. The smallest absolute Gasteiger partial charge is 0.270 e. The van der Waals surface area contributed by atoms with Crippen LogP contribution in [0.1, 0.15) is 70.6 Å². The van der Waals surface area contributed by atoms with Crippen LogP contribution >= 0.6 is 12.2 Å². The lowest BCUT2D eigenvalue weighted by atomic mass is 9.78. The second-order valence-electron chi connectivity index (χ2n) is 10.2. The zero-order chi connectivity index (χ0) is 24.8. The summed E-state index contributed by atoms with van der Waals surface area (Å²) in [6.07, 6.45) is 3.62. The molecule has 1 fully saturated rings. The fraction of sp³-hybridized carbons (Fsp3) is 0.393. The molecule has 2 amide bonds. The highest BCUT2D eigenvalue weighted by molar-refractivity contribution is 7.80. The van der Waals surface area contributed by atoms with E-state index in [1.165, 1.54) is 21.7 Å². The Morgan fingerprint density at radius 3 is 2.44 bits per heavy atom. The van der Waals surface area contributed by atoms with E-state index in [2.05, 4.69) is 63.9 Å². The van der Waals surface area contributed by atoms with Crippen molar-refractivity contribution in [3.05, 3.63) is 64.7 Å². The van der Waals surface area contributed by atoms with Gasteiger partial charge in [0.15, 0.2) is 5.11 Å². The minimum atomic E-state index is -0.466. The fourth-order valence-electron chi connectivity index (χ4n) is 5.48. The number of hydrogen-bond acceptors (Lipinski definition) is 4. The van der Waals surface area contributed by atoms with Crippen molar-refractivity contribution in [1.29, 1.82) is 0 Å². The Kier molecular flexibility index (Phi) is 6.38. The molecule has 0 aromatic heterocycles. The highest BCUT2D eigenvalue weighted by Crippen LogP contribution is 2.44. The quantitative estimate of drug-likeness (QED) is 0.356. The summed E-state index contributed by atoms with van der Waals surface area (Å²) in [6, 6.07) is 14.3. The molecule has 1 atom stereocenters. The van der Waals surface area contributed by atoms with Gasteiger partial charge in [-0.3, -0.25) is 19.8 Å². The Hall–Kier alpha value is -2.99. The van der Waals surface area contributed by atoms with Gasteiger partial charge in [0.1, 0.15) is 5.57 Å². The van der Waals surface area contributed by atoms with E-state index >= 15 is 0 Å². The zero-order valence-electron chi connectivity index (χ0n) is 20.8. The van der Waals surface area contributed by atoms with Gasteiger partial charge in [0, 0.05) is 17.3 Å². The fourth-order valence-corrected chi connectivity index (χ4v) is 5.76. The Balaban J connectivity index is 1.72. The van der Waals surface area contributed by atoms with Crippen LogP contribution in [0.4, 0.5) is 11.4 Å². The summed E-state index contributed by atoms with van der Waals surface area (Å²) in [5.41, 5.74) is 5.25. The molecule has 2 aliphatic rings. The molecule has 4 rings (SSSR count). The number of carbonyl (C=O) groups is 2. The summed E-state index contributed by atoms with van der Waals surface area (Å²) in [5.74, 6) is -0.503. The first-order valence-corrected chi connectivity index (χ1v) is 12.4. The first kappa shape index (κ1) is 24.1. The normalized spacial score (nSPS) is 21.2. The van der Waals surface area contributed by atoms with E-state index in [4.69, 9.17) is 12.2 Å². The third-order valence-corrected chi connectivity index (χ3v) is 7.12. The van der Waals surface area contributed by atoms with Crippen molar-refractivity contribution in [2.75, 3.05) is 9.80 Å². The van der Waals surface area contributed by atoms with Crippen molar-refractivity contribution >= 4 is 46.6 Å². The van der Waals surface area contributed by atoms with Crippen LogP contribution in [-0.2, 0) is 16.0 Å². The van der Waals surface area contributed by atoms with E-state index in [0.29, 0.717) is 17.6 Å². The Bertz CT molecular complexity index is 1180. The van der Waals surface area contributed by atoms with E-state index in [1.54, 1.807) is 6.08 Å². The topological polar surface area (TPSA) is 52.7 Å². The summed E-state index contributed by atoms with van der Waals surface area (Å²) in [4.78, 5) is 30.0. The van der Waals surface area contributed by atoms with Crippen LogP contribution in [0.5, 0.6) is 0 Å². The van der Waals surface area contributed by atoms with Crippen molar-refractivity contribution < 1.29 is 9.59 Å². The maximum absolute atomic E-state index is 13.4. The number of anilines is 2. The first-order valence-electron chi connectivity index (χ1n) is 12.0. The van der Waals surface area contributed by atoms with Gasteiger partial charge in [-0.25, -0.2) is 0 Å². The Morgan fingerprint density at radius 1 is 1.15 bits per heavy atom. The number of benzene rings is 2. The van der Waals surface area contributed by atoms with E-state index < -0.39 is 11.8 Å². The van der Waals surface area contributed by atoms with E-state index in [9.17, 15) is 9.59 Å². The van der Waals surface area contributed by atoms with Gasteiger partial charge < -0.3 is 4.90 Å². The average Bonchev–Trinajstić information content (AvgIpc) is 2.76. The van der Waals surface area contributed by atoms with Crippen LogP contribution in [0.15, 0.2) is 48.0 Å². The van der Waals surface area contributed by atoms with Gasteiger partial charge in [0.05, 0.1) is 5.69 Å². The van der Waals surface area contributed by atoms with Gasteiger partial charge >= 0.3 is 0 Å². The monoisotopic (exact) mass is 475 g/mol. The van der Waals surface area contributed by atoms with Gasteiger partial charge in [0.2, 0.25) is 0 Å². The lowest BCUT2D eigenvalue weighted by Crippen LogP contribution is -2.54. The van der Waals surface area contributed by atoms with Crippen LogP contribution in [0, 0.1) is 0 Å². The van der Waals surface area contributed by atoms with Crippen LogP contribution in [0.25, 0.3) is 6.08 Å². The predicted molar refractivity (Wildman–Crippen MR) is 143 cm³/mol. The SMILES string of the molecule is CCc1ccc(N2C(=O)/C(=C/c3ccc4c(c3)[C@@H](C)CC(C)(C)N4C(C)C)C(=O)NC2=S)cc1. The first-order chi connectivity index (χ1) is 16.0. The number of rotatable bonds is 4. The van der Waals surface area contributed by atoms with Gasteiger partial charge in [-0.05, 0) is 106 Å². The molecule has 1 saturated heterocycles. The molecule has 0 bridgehead atoms. The predicted octanol–water partition coefficient (Wildman–Crippen LogP) is 5.58. The number of fused-ring (bicyclic) bond motifs is 1. The molecule has 5 nitrogen and oxygen atoms in total. The number of amides is 2. The molecule has 2 heterocycles. The molecule has 0 aliphatic carbocycles. The van der Waals surface area contributed by atoms with E-state index in [0.717, 1.165) is 18.4 Å². The average molecular weight is 476 g/mol. The van der Waals surface area contributed by atoms with Crippen LogP contribution < -0.4 is 15.1 Å². The molecule has 1 N–H and O–H groups in total. The second-order valence-corrected chi connectivity index (χ2v) is 10.6. The van der Waals surface area contributed by atoms with E-state index in [-0.39, 0.29) is 16.2 Å². The molecule has 0 unspecified atom stereocenters. The maximum atomic E-state index is 13.4. The molecule has 2 aromatic carbocycles. The van der Waals surface area contributed by atoms with Crippen molar-refractivity contribution in [3.63, 3.8) is 0 Å². The highest BCUT2D eigenvalue weighted by atomic mass is 32.1. The van der Waals surface area contributed by atoms with Crippen molar-refractivity contribution in [3.8, 4) is 0 Å². The second kappa shape index (κ2) is 8.99. The molecule has 34 heavy (non-hydrogen) atoms. The third-order valence-electron chi connectivity index (χ3n) is 6.83. The van der Waals surface area contributed by atoms with Gasteiger partial charge in [-0.2, -0.15) is 0 Å². The third kappa shape index (κ3) is 4.27. The summed E-state index contributed by atoms with van der Waals surface area (Å²) in [7, 11) is 0. The summed E-state index contributed by atoms with van der Waals surface area (Å²) >= 11 is 5.34. The number of carbonyl (C=O) groups excluding carboxylic acids is 2. The lowest BCUT2D eigenvalue weighted by Gasteiger charge is -2.50. The molecule has 6 heteroatoms. The molecular weight excluding hydrogens is 442 g/mol. The van der Waals surface area contributed by atoms with Crippen molar-refractivity contribution in [1.82, 2.24) is 5.32 Å². The molecular formula is C28H33N3O2S. The molecule has 0 saturated carbocycles. The standard InChI is InChI=1S/C28H33N3O2S/c1-7-19-8-11-21(12-9-19)30-26(33)23(25(32)29-27(30)34)15-20-10-13-24-22(14-20)18(4)16-28(5,6)31(24)17(2)3/h8-15,17-18H,7,16H2,1-6H3,(H,29,32,34)/b23-15+/t18-/m0/s1. The van der Waals surface area contributed by atoms with E-state index in [1.807, 2.05) is 30.3 Å². The number of nitrogens with zero attached hydrogens (tertiary/aromatic N) is 2. The summed E-state index contributed by atoms with van der Waals surface area (Å²) in [5, 5.41) is 2.78.